The summed E-state index contributed by atoms with van der Waals surface area (Å²) in [5.41, 5.74) is 3.02. The zero-order valence-corrected chi connectivity index (χ0v) is 26.2. The molecule has 1 heterocycles. The maximum atomic E-state index is 13.7. The molecule has 1 aliphatic carbocycles. The number of carbonyl (C=O) groups excluding carboxylic acids is 2. The third-order valence-corrected chi connectivity index (χ3v) is 8.50. The molecule has 12 heteroatoms. The van der Waals surface area contributed by atoms with Gasteiger partial charge in [0.25, 0.3) is 0 Å². The number of nitrogens with one attached hydrogen (secondary N) is 3. The maximum absolute atomic E-state index is 13.7. The van der Waals surface area contributed by atoms with Gasteiger partial charge >= 0.3 is 0 Å². The molecule has 3 aromatic rings. The van der Waals surface area contributed by atoms with Crippen molar-refractivity contribution in [3.05, 3.63) is 56.7 Å². The smallest absolute Gasteiger partial charge is 0.248 e. The first-order valence-electron chi connectivity index (χ1n) is 13.5. The summed E-state index contributed by atoms with van der Waals surface area (Å²) in [4.78, 5) is 44.4. The molecule has 3 N–H and O–H groups in total. The molecule has 0 saturated carbocycles. The molecule has 2 amide bonds. The van der Waals surface area contributed by atoms with Gasteiger partial charge in [-0.25, -0.2) is 4.98 Å². The number of hydrogen-bond donors (Lipinski definition) is 3. The Morgan fingerprint density at radius 1 is 1.14 bits per heavy atom. The fourth-order valence-electron chi connectivity index (χ4n) is 5.12. The van der Waals surface area contributed by atoms with Crippen LogP contribution >= 0.6 is 23.1 Å². The Bertz CT molecular complexity index is 1530. The number of ether oxygens (including phenoxy) is 3. The van der Waals surface area contributed by atoms with Crippen molar-refractivity contribution >= 4 is 45.7 Å². The molecular formula is C30H36N4O6S2. The van der Waals surface area contributed by atoms with Crippen molar-refractivity contribution in [1.29, 1.82) is 0 Å². The highest BCUT2D eigenvalue weighted by Crippen LogP contribution is 2.50. The van der Waals surface area contributed by atoms with E-state index in [2.05, 4.69) is 20.9 Å². The predicted octanol–water partition coefficient (Wildman–Crippen LogP) is 4.80. The Labute approximate surface area is 253 Å². The number of amides is 2. The molecular weight excluding hydrogens is 576 g/mol. The highest BCUT2D eigenvalue weighted by atomic mass is 32.2. The van der Waals surface area contributed by atoms with Gasteiger partial charge in [0.15, 0.2) is 16.6 Å². The van der Waals surface area contributed by atoms with E-state index in [9.17, 15) is 14.4 Å². The molecule has 0 spiro atoms. The number of aromatic nitrogens is 1. The lowest BCUT2D eigenvalue weighted by Gasteiger charge is -2.19. The van der Waals surface area contributed by atoms with Gasteiger partial charge in [0.1, 0.15) is 6.04 Å². The number of thioether (sulfide) groups is 1. The van der Waals surface area contributed by atoms with Crippen LogP contribution in [0.2, 0.25) is 0 Å². The molecule has 224 valence electrons. The van der Waals surface area contributed by atoms with Crippen LogP contribution in [0.1, 0.15) is 41.8 Å². The predicted molar refractivity (Wildman–Crippen MR) is 169 cm³/mol. The summed E-state index contributed by atoms with van der Waals surface area (Å²) < 4.78 is 17.1. The molecule has 1 aromatic heterocycles. The van der Waals surface area contributed by atoms with Crippen LogP contribution in [-0.4, -0.2) is 56.2 Å². The zero-order valence-electron chi connectivity index (χ0n) is 24.6. The quantitative estimate of drug-likeness (QED) is 0.280. The molecule has 10 nitrogen and oxygen atoms in total. The van der Waals surface area contributed by atoms with Gasteiger partial charge in [0.05, 0.1) is 33.1 Å². The van der Waals surface area contributed by atoms with Gasteiger partial charge in [-0.2, -0.15) is 11.8 Å². The number of thiazole rings is 1. The van der Waals surface area contributed by atoms with Crippen LogP contribution in [0.5, 0.6) is 17.2 Å². The Balaban J connectivity index is 1.84. The summed E-state index contributed by atoms with van der Waals surface area (Å²) in [6.45, 7) is 3.37. The van der Waals surface area contributed by atoms with Crippen molar-refractivity contribution in [2.24, 2.45) is 0 Å². The fourth-order valence-corrected chi connectivity index (χ4v) is 6.26. The van der Waals surface area contributed by atoms with Gasteiger partial charge in [-0.15, -0.1) is 11.3 Å². The highest BCUT2D eigenvalue weighted by molar-refractivity contribution is 7.98. The van der Waals surface area contributed by atoms with Gasteiger partial charge in [-0.05, 0) is 73.1 Å². The summed E-state index contributed by atoms with van der Waals surface area (Å²) in [6.07, 6.45) is 5.32. The second-order valence-corrected chi connectivity index (χ2v) is 12.1. The fraction of sp³-hybridized carbons (Fsp3) is 0.400. The minimum atomic E-state index is -0.672. The monoisotopic (exact) mass is 612 g/mol. The van der Waals surface area contributed by atoms with Crippen LogP contribution in [0.25, 0.3) is 11.1 Å². The van der Waals surface area contributed by atoms with E-state index in [0.717, 1.165) is 16.0 Å². The zero-order chi connectivity index (χ0) is 30.4. The van der Waals surface area contributed by atoms with Crippen molar-refractivity contribution < 1.29 is 23.8 Å². The minimum absolute atomic E-state index is 0.206. The van der Waals surface area contributed by atoms with E-state index in [-0.39, 0.29) is 22.9 Å². The summed E-state index contributed by atoms with van der Waals surface area (Å²) >= 11 is 3.00. The molecule has 0 bridgehead atoms. The summed E-state index contributed by atoms with van der Waals surface area (Å²) in [5, 5.41) is 9.58. The van der Waals surface area contributed by atoms with E-state index in [1.54, 1.807) is 45.4 Å². The first-order chi connectivity index (χ1) is 20.2. The summed E-state index contributed by atoms with van der Waals surface area (Å²) in [7, 11) is 4.66. The number of anilines is 2. The second kappa shape index (κ2) is 13.9. The number of aryl methyl sites for hydroxylation is 2. The van der Waals surface area contributed by atoms with Gasteiger partial charge < -0.3 is 30.2 Å². The number of carbonyl (C=O) groups is 2. The third kappa shape index (κ3) is 6.81. The number of nitrogens with zero attached hydrogens (tertiary/aromatic N) is 1. The lowest BCUT2D eigenvalue weighted by molar-refractivity contribution is -0.120. The van der Waals surface area contributed by atoms with Crippen molar-refractivity contribution in [3.63, 3.8) is 0 Å². The van der Waals surface area contributed by atoms with E-state index >= 15 is 0 Å². The maximum Gasteiger partial charge on any atom is 0.248 e. The van der Waals surface area contributed by atoms with Crippen molar-refractivity contribution in [2.45, 2.75) is 45.2 Å². The Morgan fingerprint density at radius 2 is 1.90 bits per heavy atom. The van der Waals surface area contributed by atoms with Gasteiger partial charge in [0, 0.05) is 23.6 Å². The topological polar surface area (TPSA) is 128 Å². The van der Waals surface area contributed by atoms with Crippen molar-refractivity contribution in [3.8, 4) is 28.4 Å². The van der Waals surface area contributed by atoms with E-state index < -0.39 is 12.1 Å². The average Bonchev–Trinajstić information content (AvgIpc) is 3.23. The molecule has 0 fully saturated rings. The van der Waals surface area contributed by atoms with E-state index in [4.69, 9.17) is 14.2 Å². The molecule has 0 unspecified atom stereocenters. The molecule has 1 aliphatic rings. The molecule has 0 saturated heterocycles. The molecule has 42 heavy (non-hydrogen) atoms. The van der Waals surface area contributed by atoms with E-state index in [1.807, 2.05) is 25.3 Å². The summed E-state index contributed by atoms with van der Waals surface area (Å²) in [5.74, 6) is 1.66. The van der Waals surface area contributed by atoms with Crippen LogP contribution in [0.15, 0.2) is 35.3 Å². The first kappa shape index (κ1) is 31.2. The molecule has 2 aromatic carbocycles. The van der Waals surface area contributed by atoms with Crippen molar-refractivity contribution in [2.75, 3.05) is 44.0 Å². The van der Waals surface area contributed by atoms with Crippen LogP contribution in [0, 0.1) is 6.92 Å². The average molecular weight is 613 g/mol. The van der Waals surface area contributed by atoms with Crippen LogP contribution in [0.3, 0.4) is 0 Å². The van der Waals surface area contributed by atoms with Crippen LogP contribution < -0.4 is 35.6 Å². The lowest BCUT2D eigenvalue weighted by Crippen LogP contribution is -2.36. The Morgan fingerprint density at radius 3 is 2.52 bits per heavy atom. The number of fused-ring (bicyclic) bond motifs is 3. The minimum Gasteiger partial charge on any atom is -0.493 e. The SMILES string of the molecule is COc1cc2c(c(OC)c1OC)-c1ccc(N[C@@H](CCSC)C(=O)Nc3ncc(C)s3)c(=O)cc1[C@@H](NC(C)=O)CC2. The normalized spacial score (nSPS) is 14.5. The van der Waals surface area contributed by atoms with E-state index in [0.29, 0.717) is 58.5 Å². The van der Waals surface area contributed by atoms with Gasteiger partial charge in [-0.3, -0.25) is 14.4 Å². The Kier molecular flexibility index (Phi) is 10.3. The molecule has 4 rings (SSSR count). The van der Waals surface area contributed by atoms with Gasteiger partial charge in [-0.1, -0.05) is 6.07 Å². The number of rotatable bonds is 11. The number of benzene rings is 1. The largest absolute Gasteiger partial charge is 0.493 e. The molecule has 0 aliphatic heterocycles. The van der Waals surface area contributed by atoms with Crippen molar-refractivity contribution in [1.82, 2.24) is 10.3 Å². The number of hydrogen-bond acceptors (Lipinski definition) is 10. The number of methoxy groups -OCH3 is 3. The second-order valence-electron chi connectivity index (χ2n) is 9.84. The highest BCUT2D eigenvalue weighted by Gasteiger charge is 2.30. The summed E-state index contributed by atoms with van der Waals surface area (Å²) in [6, 6.07) is 5.86. The Hall–Kier alpha value is -3.77. The lowest BCUT2D eigenvalue weighted by atomic mass is 9.95. The van der Waals surface area contributed by atoms with Crippen LogP contribution in [-0.2, 0) is 16.0 Å². The molecule has 2 atom stereocenters. The molecule has 0 radical (unpaired) electrons. The standard InChI is InChI=1S/C30H36N4O6S2/c1-16-15-31-30(42-16)34-29(37)23(11-12-41-6)33-22-10-8-19-20(14-24(22)36)21(32-17(2)35)9-7-18-13-25(38-3)27(39-4)28(40-5)26(18)19/h8,10,13-15,21,23H,7,9,11-12H2,1-6H3,(H,32,35)(H,33,36)(H,31,34,37)/t21-,23-/m0/s1. The first-order valence-corrected chi connectivity index (χ1v) is 15.7. The van der Waals surface area contributed by atoms with Gasteiger partial charge in [0.2, 0.25) is 23.0 Å². The van der Waals surface area contributed by atoms with Crippen LogP contribution in [0.4, 0.5) is 10.8 Å². The van der Waals surface area contributed by atoms with E-state index in [1.165, 1.54) is 24.3 Å². The third-order valence-electron chi connectivity index (χ3n) is 7.02.